The minimum atomic E-state index is -5.15. The highest BCUT2D eigenvalue weighted by Crippen LogP contribution is 2.60. The summed E-state index contributed by atoms with van der Waals surface area (Å²) < 4.78 is 113. The Labute approximate surface area is 255 Å². The SMILES string of the molecule is C=NC(=Nc1c(F)c(-c2cc(N)c(F)c(C)c2C(F)(F)F)nc2c1NCC(CCC)NCC[C@H](C)O2)OCC1(CO)CC1(F)F. The maximum Gasteiger partial charge on any atom is 0.417 e. The first-order valence-corrected chi connectivity index (χ1v) is 14.3. The Kier molecular flexibility index (Phi) is 9.87. The van der Waals surface area contributed by atoms with Gasteiger partial charge in [0.1, 0.15) is 29.5 Å². The molecule has 1 aliphatic carbocycles. The Morgan fingerprint density at radius 1 is 1.29 bits per heavy atom. The summed E-state index contributed by atoms with van der Waals surface area (Å²) in [6.45, 7) is 6.84. The Balaban J connectivity index is 1.96. The highest BCUT2D eigenvalue weighted by atomic mass is 19.4. The van der Waals surface area contributed by atoms with Crippen LogP contribution in [0.2, 0.25) is 0 Å². The Hall–Kier alpha value is -3.66. The molecule has 5 N–H and O–H groups in total. The van der Waals surface area contributed by atoms with Crippen molar-refractivity contribution in [2.75, 3.05) is 37.4 Å². The van der Waals surface area contributed by atoms with Crippen molar-refractivity contribution in [2.24, 2.45) is 15.4 Å². The van der Waals surface area contributed by atoms with Gasteiger partial charge in [-0.2, -0.15) is 18.2 Å². The van der Waals surface area contributed by atoms with Crippen molar-refractivity contribution in [3.05, 3.63) is 28.8 Å². The standard InChI is InChI=1S/C29H35F7N6O3/c1-5-6-16-10-40-24-23(42-26(38-4)44-13-27(12-43)11-28(27,32)33)21(31)22(41-25(24)45-14(2)7-8-39-16)17-9-18(37)20(30)15(3)19(17)29(34,35)36/h9,14,16,39-40,43H,4-8,10-13,37H2,1-3H3/t14-,16?,27?/m0/s1. The lowest BCUT2D eigenvalue weighted by Crippen LogP contribution is -2.38. The smallest absolute Gasteiger partial charge is 0.417 e. The van der Waals surface area contributed by atoms with Gasteiger partial charge in [-0.05, 0) is 51.6 Å². The van der Waals surface area contributed by atoms with Gasteiger partial charge in [-0.1, -0.05) is 13.3 Å². The molecule has 0 saturated heterocycles. The normalized spacial score (nSPS) is 23.4. The number of nitrogens with zero attached hydrogens (tertiary/aromatic N) is 3. The summed E-state index contributed by atoms with van der Waals surface area (Å²) >= 11 is 0. The molecule has 2 aromatic rings. The van der Waals surface area contributed by atoms with Gasteiger partial charge in [-0.15, -0.1) is 0 Å². The second-order valence-corrected chi connectivity index (χ2v) is 11.3. The number of aliphatic hydroxyl groups excluding tert-OH is 1. The van der Waals surface area contributed by atoms with Crippen molar-refractivity contribution in [3.8, 4) is 17.1 Å². The topological polar surface area (TPSA) is 126 Å². The molecular formula is C29H35F7N6O3. The molecule has 9 nitrogen and oxygen atoms in total. The summed E-state index contributed by atoms with van der Waals surface area (Å²) in [6.07, 6.45) is -4.43. The lowest BCUT2D eigenvalue weighted by atomic mass is 9.96. The zero-order chi connectivity index (χ0) is 33.3. The third kappa shape index (κ3) is 6.95. The van der Waals surface area contributed by atoms with E-state index in [1.165, 1.54) is 0 Å². The molecule has 0 spiro atoms. The second kappa shape index (κ2) is 13.0. The average molecular weight is 649 g/mol. The lowest BCUT2D eigenvalue weighted by Gasteiger charge is -2.26. The molecule has 2 aliphatic rings. The number of amidine groups is 1. The fraction of sp³-hybridized carbons (Fsp3) is 0.552. The quantitative estimate of drug-likeness (QED) is 0.126. The number of aliphatic hydroxyl groups is 1. The summed E-state index contributed by atoms with van der Waals surface area (Å²) in [4.78, 5) is 11.7. The molecule has 45 heavy (non-hydrogen) atoms. The third-order valence-electron chi connectivity index (χ3n) is 7.94. The van der Waals surface area contributed by atoms with Crippen LogP contribution in [-0.4, -0.2) is 67.2 Å². The van der Waals surface area contributed by atoms with Gasteiger partial charge in [-0.3, -0.25) is 0 Å². The molecule has 1 aromatic heterocycles. The van der Waals surface area contributed by atoms with Crippen molar-refractivity contribution in [3.63, 3.8) is 0 Å². The van der Waals surface area contributed by atoms with Gasteiger partial charge in [0.05, 0.1) is 29.4 Å². The number of rotatable bonds is 7. The fourth-order valence-corrected chi connectivity index (χ4v) is 5.19. The number of hydrogen-bond acceptors (Lipinski definition) is 8. The molecule has 2 unspecified atom stereocenters. The number of hydrogen-bond donors (Lipinski definition) is 4. The number of halogens is 7. The molecule has 0 radical (unpaired) electrons. The number of pyridine rings is 1. The van der Waals surface area contributed by atoms with Crippen LogP contribution in [0.25, 0.3) is 11.3 Å². The van der Waals surface area contributed by atoms with E-state index < -0.39 is 94.7 Å². The summed E-state index contributed by atoms with van der Waals surface area (Å²) in [5.41, 5.74) is -1.93. The van der Waals surface area contributed by atoms with Crippen LogP contribution >= 0.6 is 0 Å². The number of nitrogens with two attached hydrogens (primary N) is 1. The molecule has 2 heterocycles. The van der Waals surface area contributed by atoms with Crippen LogP contribution in [0.3, 0.4) is 0 Å². The van der Waals surface area contributed by atoms with Crippen LogP contribution in [-0.2, 0) is 10.9 Å². The van der Waals surface area contributed by atoms with Crippen molar-refractivity contribution in [2.45, 2.75) is 70.7 Å². The Morgan fingerprint density at radius 2 is 1.98 bits per heavy atom. The van der Waals surface area contributed by atoms with Crippen molar-refractivity contribution in [1.29, 1.82) is 0 Å². The number of aromatic nitrogens is 1. The van der Waals surface area contributed by atoms with Crippen LogP contribution in [0.4, 0.5) is 47.8 Å². The zero-order valence-electron chi connectivity index (χ0n) is 24.9. The maximum absolute atomic E-state index is 16.5. The zero-order valence-corrected chi connectivity index (χ0v) is 24.9. The average Bonchev–Trinajstić information content (AvgIpc) is 3.53. The van der Waals surface area contributed by atoms with Crippen LogP contribution < -0.4 is 21.1 Å². The largest absolute Gasteiger partial charge is 0.473 e. The van der Waals surface area contributed by atoms with Crippen LogP contribution in [0, 0.1) is 24.0 Å². The number of aliphatic imine (C=N–C) groups is 2. The van der Waals surface area contributed by atoms with E-state index in [-0.39, 0.29) is 24.2 Å². The van der Waals surface area contributed by atoms with E-state index in [1.807, 2.05) is 6.92 Å². The first kappa shape index (κ1) is 34.2. The van der Waals surface area contributed by atoms with Crippen LogP contribution in [0.15, 0.2) is 16.1 Å². The minimum Gasteiger partial charge on any atom is -0.473 e. The summed E-state index contributed by atoms with van der Waals surface area (Å²) in [5.74, 6) is -6.29. The van der Waals surface area contributed by atoms with Gasteiger partial charge in [0, 0.05) is 24.6 Å². The molecule has 1 saturated carbocycles. The number of fused-ring (bicyclic) bond motifs is 1. The first-order valence-electron chi connectivity index (χ1n) is 14.3. The highest BCUT2D eigenvalue weighted by molar-refractivity contribution is 5.87. The Morgan fingerprint density at radius 3 is 2.56 bits per heavy atom. The highest BCUT2D eigenvalue weighted by Gasteiger charge is 2.71. The summed E-state index contributed by atoms with van der Waals surface area (Å²) in [5, 5.41) is 15.9. The van der Waals surface area contributed by atoms with Gasteiger partial charge < -0.3 is 30.9 Å². The molecule has 3 atom stereocenters. The molecular weight excluding hydrogens is 613 g/mol. The number of alkyl halides is 5. The summed E-state index contributed by atoms with van der Waals surface area (Å²) in [6, 6.07) is -0.193. The molecule has 0 amide bonds. The maximum atomic E-state index is 16.5. The van der Waals surface area contributed by atoms with Crippen molar-refractivity contribution in [1.82, 2.24) is 10.3 Å². The number of nitrogen functional groups attached to an aromatic ring is 1. The summed E-state index contributed by atoms with van der Waals surface area (Å²) in [7, 11) is 0. The van der Waals surface area contributed by atoms with Gasteiger partial charge in [-0.25, -0.2) is 27.5 Å². The van der Waals surface area contributed by atoms with E-state index in [0.717, 1.165) is 13.3 Å². The lowest BCUT2D eigenvalue weighted by molar-refractivity contribution is -0.137. The van der Waals surface area contributed by atoms with E-state index in [0.29, 0.717) is 25.5 Å². The molecule has 248 valence electrons. The minimum absolute atomic E-state index is 0.112. The number of anilines is 2. The van der Waals surface area contributed by atoms with E-state index in [9.17, 15) is 31.4 Å². The van der Waals surface area contributed by atoms with Crippen LogP contribution in [0.1, 0.15) is 50.7 Å². The molecule has 0 bridgehead atoms. The van der Waals surface area contributed by atoms with E-state index >= 15 is 4.39 Å². The molecule has 1 fully saturated rings. The van der Waals surface area contributed by atoms with Crippen LogP contribution in [0.5, 0.6) is 5.88 Å². The Bertz CT molecular complexity index is 1470. The van der Waals surface area contributed by atoms with Gasteiger partial charge in [0.25, 0.3) is 5.92 Å². The number of nitrogens with one attached hydrogen (secondary N) is 2. The van der Waals surface area contributed by atoms with Crippen molar-refractivity contribution >= 4 is 29.8 Å². The molecule has 4 rings (SSSR count). The van der Waals surface area contributed by atoms with Gasteiger partial charge in [0.2, 0.25) is 5.88 Å². The molecule has 16 heteroatoms. The van der Waals surface area contributed by atoms with Gasteiger partial charge >= 0.3 is 12.2 Å². The fourth-order valence-electron chi connectivity index (χ4n) is 5.19. The predicted octanol–water partition coefficient (Wildman–Crippen LogP) is 6.00. The molecule has 1 aromatic carbocycles. The van der Waals surface area contributed by atoms with Gasteiger partial charge in [0.15, 0.2) is 5.82 Å². The second-order valence-electron chi connectivity index (χ2n) is 11.3. The molecule has 1 aliphatic heterocycles. The van der Waals surface area contributed by atoms with Crippen molar-refractivity contribution < 1.29 is 45.3 Å². The number of ether oxygens (including phenoxy) is 2. The predicted molar refractivity (Wildman–Crippen MR) is 155 cm³/mol. The first-order chi connectivity index (χ1) is 21.1. The third-order valence-corrected chi connectivity index (χ3v) is 7.94. The van der Waals surface area contributed by atoms with E-state index in [4.69, 9.17) is 15.2 Å². The van der Waals surface area contributed by atoms with E-state index in [1.54, 1.807) is 6.92 Å². The monoisotopic (exact) mass is 648 g/mol. The van der Waals surface area contributed by atoms with E-state index in [2.05, 4.69) is 32.3 Å². The number of benzene rings is 1.